The predicted octanol–water partition coefficient (Wildman–Crippen LogP) is 4.04. The fourth-order valence-corrected chi connectivity index (χ4v) is 3.72. The van der Waals surface area contributed by atoms with Crippen molar-refractivity contribution in [3.63, 3.8) is 0 Å². The number of nitrogens with zero attached hydrogens (tertiary/aromatic N) is 1. The molecule has 2 N–H and O–H groups in total. The Balaban J connectivity index is 2.12. The molecule has 178 valence electrons. The average Bonchev–Trinajstić information content (AvgIpc) is 2.78. The molecule has 0 aromatic heterocycles. The first kappa shape index (κ1) is 25.9. The lowest BCUT2D eigenvalue weighted by molar-refractivity contribution is -0.139. The maximum Gasteiger partial charge on any atom is 0.305 e. The fourth-order valence-electron chi connectivity index (χ4n) is 3.72. The van der Waals surface area contributed by atoms with Crippen molar-refractivity contribution in [1.29, 1.82) is 0 Å². The van der Waals surface area contributed by atoms with Gasteiger partial charge in [-0.05, 0) is 35.6 Å². The van der Waals surface area contributed by atoms with E-state index in [2.05, 4.69) is 5.32 Å². The van der Waals surface area contributed by atoms with Gasteiger partial charge < -0.3 is 20.1 Å². The van der Waals surface area contributed by atoms with Crippen LogP contribution in [0.1, 0.15) is 50.3 Å². The molecule has 0 aliphatic rings. The smallest absolute Gasteiger partial charge is 0.305 e. The van der Waals surface area contributed by atoms with Gasteiger partial charge in [0.15, 0.2) is 0 Å². The first-order chi connectivity index (χ1) is 15.7. The SMILES string of the molecule is COc1ccc([C@H](CC(=O)O)NC(=O)C(CC(=O)N(C)Cc2ccccc2)CC(C)C)cc1. The van der Waals surface area contributed by atoms with E-state index in [-0.39, 0.29) is 30.6 Å². The molecule has 2 amide bonds. The van der Waals surface area contributed by atoms with Crippen LogP contribution in [-0.2, 0) is 20.9 Å². The van der Waals surface area contributed by atoms with Gasteiger partial charge in [-0.2, -0.15) is 0 Å². The number of amides is 2. The normalized spacial score (nSPS) is 12.6. The zero-order valence-electron chi connectivity index (χ0n) is 19.8. The molecule has 2 aromatic carbocycles. The maximum absolute atomic E-state index is 13.2. The lowest BCUT2D eigenvalue weighted by Crippen LogP contribution is -2.38. The van der Waals surface area contributed by atoms with Gasteiger partial charge in [-0.25, -0.2) is 0 Å². The quantitative estimate of drug-likeness (QED) is 0.505. The summed E-state index contributed by atoms with van der Waals surface area (Å²) in [5, 5.41) is 12.2. The third-order valence-electron chi connectivity index (χ3n) is 5.45. The van der Waals surface area contributed by atoms with E-state index in [1.165, 1.54) is 0 Å². The minimum atomic E-state index is -1.02. The number of benzene rings is 2. The minimum absolute atomic E-state index is 0.0652. The molecule has 7 nitrogen and oxygen atoms in total. The van der Waals surface area contributed by atoms with E-state index in [1.54, 1.807) is 43.3 Å². The van der Waals surface area contributed by atoms with Crippen molar-refractivity contribution in [3.8, 4) is 5.75 Å². The van der Waals surface area contributed by atoms with Crippen molar-refractivity contribution in [3.05, 3.63) is 65.7 Å². The molecule has 0 saturated heterocycles. The zero-order valence-corrected chi connectivity index (χ0v) is 19.8. The van der Waals surface area contributed by atoms with Gasteiger partial charge in [-0.1, -0.05) is 56.3 Å². The number of aliphatic carboxylic acids is 1. The van der Waals surface area contributed by atoms with Crippen LogP contribution in [0.2, 0.25) is 0 Å². The Hall–Kier alpha value is -3.35. The van der Waals surface area contributed by atoms with Crippen LogP contribution >= 0.6 is 0 Å². The largest absolute Gasteiger partial charge is 0.497 e. The number of carbonyl (C=O) groups excluding carboxylic acids is 2. The van der Waals surface area contributed by atoms with Crippen LogP contribution in [0.5, 0.6) is 5.75 Å². The molecule has 33 heavy (non-hydrogen) atoms. The summed E-state index contributed by atoms with van der Waals surface area (Å²) in [6.07, 6.45) is 0.337. The van der Waals surface area contributed by atoms with Crippen LogP contribution in [0.15, 0.2) is 54.6 Å². The lowest BCUT2D eigenvalue weighted by Gasteiger charge is -2.25. The number of hydrogen-bond acceptors (Lipinski definition) is 4. The molecule has 0 heterocycles. The zero-order chi connectivity index (χ0) is 24.4. The molecule has 0 aliphatic heterocycles. The number of carboxylic acid groups (broad SMARTS) is 1. The molecule has 0 bridgehead atoms. The summed E-state index contributed by atoms with van der Waals surface area (Å²) in [5.74, 6) is -1.16. The van der Waals surface area contributed by atoms with Crippen LogP contribution in [0.25, 0.3) is 0 Å². The third-order valence-corrected chi connectivity index (χ3v) is 5.45. The molecular formula is C26H34N2O5. The minimum Gasteiger partial charge on any atom is -0.497 e. The van der Waals surface area contributed by atoms with Gasteiger partial charge in [0.05, 0.1) is 19.6 Å². The Bertz CT molecular complexity index is 912. The van der Waals surface area contributed by atoms with Gasteiger partial charge in [0.25, 0.3) is 0 Å². The summed E-state index contributed by atoms with van der Waals surface area (Å²) in [6.45, 7) is 4.45. The van der Waals surface area contributed by atoms with Gasteiger partial charge in [-0.3, -0.25) is 14.4 Å². The van der Waals surface area contributed by atoms with Crippen LogP contribution in [0.4, 0.5) is 0 Å². The number of hydrogen-bond donors (Lipinski definition) is 2. The number of ether oxygens (including phenoxy) is 1. The average molecular weight is 455 g/mol. The van der Waals surface area contributed by atoms with Gasteiger partial charge in [0.1, 0.15) is 5.75 Å². The van der Waals surface area contributed by atoms with Crippen molar-refractivity contribution in [2.24, 2.45) is 11.8 Å². The Morgan fingerprint density at radius 3 is 2.18 bits per heavy atom. The number of nitrogens with one attached hydrogen (secondary N) is 1. The molecule has 7 heteroatoms. The van der Waals surface area contributed by atoms with Gasteiger partial charge in [-0.15, -0.1) is 0 Å². The Labute approximate surface area is 195 Å². The summed E-state index contributed by atoms with van der Waals surface area (Å²) in [7, 11) is 3.28. The molecule has 2 aromatic rings. The molecule has 0 saturated carbocycles. The Morgan fingerprint density at radius 1 is 1.00 bits per heavy atom. The predicted molar refractivity (Wildman–Crippen MR) is 127 cm³/mol. The highest BCUT2D eigenvalue weighted by atomic mass is 16.5. The number of rotatable bonds is 12. The summed E-state index contributed by atoms with van der Waals surface area (Å²) >= 11 is 0. The van der Waals surface area contributed by atoms with E-state index in [4.69, 9.17) is 4.74 Å². The first-order valence-electron chi connectivity index (χ1n) is 11.1. The molecule has 0 fully saturated rings. The standard InChI is InChI=1S/C26H34N2O5/c1-18(2)14-21(15-24(29)28(3)17-19-8-6-5-7-9-19)26(32)27-23(16-25(30)31)20-10-12-22(33-4)13-11-20/h5-13,18,21,23H,14-17H2,1-4H3,(H,27,32)(H,30,31)/t21?,23-/m0/s1. The second-order valence-corrected chi connectivity index (χ2v) is 8.70. The van der Waals surface area contributed by atoms with E-state index in [1.807, 2.05) is 44.2 Å². The van der Waals surface area contributed by atoms with Crippen LogP contribution in [-0.4, -0.2) is 41.9 Å². The second kappa shape index (κ2) is 12.6. The number of carboxylic acids is 1. The molecule has 0 spiro atoms. The van der Waals surface area contributed by atoms with E-state index in [0.717, 1.165) is 5.56 Å². The molecule has 2 rings (SSSR count). The summed E-state index contributed by atoms with van der Waals surface area (Å²) in [5.41, 5.74) is 1.68. The first-order valence-corrected chi connectivity index (χ1v) is 11.1. The highest BCUT2D eigenvalue weighted by molar-refractivity contribution is 5.86. The Kier molecular flexibility index (Phi) is 9.91. The summed E-state index contributed by atoms with van der Waals surface area (Å²) < 4.78 is 5.16. The van der Waals surface area contributed by atoms with Gasteiger partial charge in [0.2, 0.25) is 11.8 Å². The van der Waals surface area contributed by atoms with Gasteiger partial charge in [0, 0.05) is 25.9 Å². The van der Waals surface area contributed by atoms with Crippen molar-refractivity contribution < 1.29 is 24.2 Å². The molecule has 0 radical (unpaired) electrons. The number of methoxy groups -OCH3 is 1. The van der Waals surface area contributed by atoms with Crippen molar-refractivity contribution in [2.75, 3.05) is 14.2 Å². The molecule has 0 aliphatic carbocycles. The Morgan fingerprint density at radius 2 is 1.64 bits per heavy atom. The molecule has 1 unspecified atom stereocenters. The maximum atomic E-state index is 13.2. The van der Waals surface area contributed by atoms with Crippen molar-refractivity contribution in [2.45, 2.75) is 45.7 Å². The molecular weight excluding hydrogens is 420 g/mol. The van der Waals surface area contributed by atoms with Crippen molar-refractivity contribution in [1.82, 2.24) is 10.2 Å². The third kappa shape index (κ3) is 8.60. The van der Waals surface area contributed by atoms with E-state index >= 15 is 0 Å². The van der Waals surface area contributed by atoms with E-state index < -0.39 is 17.9 Å². The highest BCUT2D eigenvalue weighted by Crippen LogP contribution is 2.23. The fraction of sp³-hybridized carbons (Fsp3) is 0.423. The van der Waals surface area contributed by atoms with Crippen LogP contribution in [0.3, 0.4) is 0 Å². The topological polar surface area (TPSA) is 95.9 Å². The molecule has 2 atom stereocenters. The van der Waals surface area contributed by atoms with Gasteiger partial charge >= 0.3 is 5.97 Å². The van der Waals surface area contributed by atoms with E-state index in [0.29, 0.717) is 24.3 Å². The lowest BCUT2D eigenvalue weighted by atomic mass is 9.91. The van der Waals surface area contributed by atoms with Crippen LogP contribution in [0, 0.1) is 11.8 Å². The monoisotopic (exact) mass is 454 g/mol. The summed E-state index contributed by atoms with van der Waals surface area (Å²) in [6, 6.07) is 15.9. The van der Waals surface area contributed by atoms with Crippen LogP contribution < -0.4 is 10.1 Å². The van der Waals surface area contributed by atoms with E-state index in [9.17, 15) is 19.5 Å². The van der Waals surface area contributed by atoms with Crippen molar-refractivity contribution >= 4 is 17.8 Å². The number of carbonyl (C=O) groups is 3. The summed E-state index contributed by atoms with van der Waals surface area (Å²) in [4.78, 5) is 39.1. The second-order valence-electron chi connectivity index (χ2n) is 8.70. The highest BCUT2D eigenvalue weighted by Gasteiger charge is 2.28.